The average Bonchev–Trinajstić information content (AvgIpc) is 3.52. The molecule has 0 saturated heterocycles. The zero-order chi connectivity index (χ0) is 21.8. The normalized spacial score (nSPS) is 13.9. The van der Waals surface area contributed by atoms with Gasteiger partial charge in [0, 0.05) is 18.5 Å². The maximum absolute atomic E-state index is 13.0. The van der Waals surface area contributed by atoms with Gasteiger partial charge in [0.2, 0.25) is 5.16 Å². The van der Waals surface area contributed by atoms with Gasteiger partial charge in [-0.15, -0.1) is 5.10 Å². The van der Waals surface area contributed by atoms with Crippen LogP contribution in [0.2, 0.25) is 0 Å². The molecular formula is C19H21N7O3S2. The van der Waals surface area contributed by atoms with Gasteiger partial charge < -0.3 is 10.1 Å². The third-order valence-corrected chi connectivity index (χ3v) is 6.99. The Morgan fingerprint density at radius 2 is 2.06 bits per heavy atom. The van der Waals surface area contributed by atoms with E-state index in [0.717, 1.165) is 29.9 Å². The van der Waals surface area contributed by atoms with Gasteiger partial charge in [-0.1, -0.05) is 24.2 Å². The van der Waals surface area contributed by atoms with Gasteiger partial charge in [-0.3, -0.25) is 10.1 Å². The molecular weight excluding hydrogens is 438 g/mol. The monoisotopic (exact) mass is 459 g/mol. The number of thiazole rings is 1. The van der Waals surface area contributed by atoms with Gasteiger partial charge in [-0.05, 0) is 53.2 Å². The zero-order valence-corrected chi connectivity index (χ0v) is 18.6. The first-order valence-electron chi connectivity index (χ1n) is 9.70. The minimum absolute atomic E-state index is 0.00985. The Kier molecular flexibility index (Phi) is 6.47. The molecule has 1 aliphatic rings. The van der Waals surface area contributed by atoms with Crippen molar-refractivity contribution < 1.29 is 14.3 Å². The Bertz CT molecular complexity index is 1090. The molecule has 1 aliphatic carbocycles. The summed E-state index contributed by atoms with van der Waals surface area (Å²) in [6.07, 6.45) is 5.50. The average molecular weight is 460 g/mol. The Hall–Kier alpha value is -2.99. The fourth-order valence-corrected chi connectivity index (χ4v) is 5.09. The molecule has 0 aliphatic heterocycles. The summed E-state index contributed by atoms with van der Waals surface area (Å²) in [5.41, 5.74) is 0.915. The summed E-state index contributed by atoms with van der Waals surface area (Å²) >= 11 is 2.65. The van der Waals surface area contributed by atoms with E-state index in [0.29, 0.717) is 27.3 Å². The predicted molar refractivity (Wildman–Crippen MR) is 117 cm³/mol. The summed E-state index contributed by atoms with van der Waals surface area (Å²) in [5, 5.41) is 17.8. The Balaban J connectivity index is 1.45. The minimum atomic E-state index is -0.475. The van der Waals surface area contributed by atoms with E-state index in [-0.39, 0.29) is 11.7 Å². The summed E-state index contributed by atoms with van der Waals surface area (Å²) in [7, 11) is 3.30. The fraction of sp³-hybridized carbons (Fsp3) is 0.368. The standard InChI is InChI=1S/C19H21N7O3S2/c1-26-19(23-24-25-26)31-15-10-20-18(30-15)22-17(28)21-14-8-7-12(29-2)9-13(14)16(27)11-5-3-4-6-11/h7-11H,3-6H2,1-2H3,(H2,20,21,22,28). The van der Waals surface area contributed by atoms with Crippen LogP contribution in [0.25, 0.3) is 0 Å². The van der Waals surface area contributed by atoms with Crippen LogP contribution in [0.3, 0.4) is 0 Å². The first-order valence-corrected chi connectivity index (χ1v) is 11.3. The molecule has 0 unspecified atom stereocenters. The number of nitrogens with one attached hydrogen (secondary N) is 2. The number of ketones is 1. The summed E-state index contributed by atoms with van der Waals surface area (Å²) in [4.78, 5) is 29.8. The molecule has 10 nitrogen and oxygen atoms in total. The van der Waals surface area contributed by atoms with Crippen LogP contribution < -0.4 is 15.4 Å². The summed E-state index contributed by atoms with van der Waals surface area (Å²) in [5.74, 6) is 0.605. The molecule has 31 heavy (non-hydrogen) atoms. The number of anilines is 2. The summed E-state index contributed by atoms with van der Waals surface area (Å²) in [6.45, 7) is 0. The van der Waals surface area contributed by atoms with Gasteiger partial charge in [-0.25, -0.2) is 14.5 Å². The molecule has 2 N–H and O–H groups in total. The second-order valence-electron chi connectivity index (χ2n) is 7.01. The highest BCUT2D eigenvalue weighted by molar-refractivity contribution is 8.01. The number of hydrogen-bond donors (Lipinski definition) is 2. The molecule has 1 fully saturated rings. The number of aromatic nitrogens is 5. The third-order valence-electron chi connectivity index (χ3n) is 4.94. The second kappa shape index (κ2) is 9.43. The van der Waals surface area contributed by atoms with Crippen LogP contribution in [-0.2, 0) is 7.05 Å². The maximum Gasteiger partial charge on any atom is 0.325 e. The lowest BCUT2D eigenvalue weighted by Crippen LogP contribution is -2.22. The molecule has 12 heteroatoms. The highest BCUT2D eigenvalue weighted by Crippen LogP contribution is 2.34. The first kappa shape index (κ1) is 21.2. The van der Waals surface area contributed by atoms with Crippen molar-refractivity contribution in [3.63, 3.8) is 0 Å². The molecule has 0 bridgehead atoms. The number of rotatable bonds is 7. The highest BCUT2D eigenvalue weighted by atomic mass is 32.2. The quantitative estimate of drug-likeness (QED) is 0.511. The van der Waals surface area contributed by atoms with Gasteiger partial charge in [0.1, 0.15) is 5.75 Å². The van der Waals surface area contributed by atoms with Crippen molar-refractivity contribution in [1.82, 2.24) is 25.2 Å². The van der Waals surface area contributed by atoms with Crippen molar-refractivity contribution in [2.75, 3.05) is 17.7 Å². The molecule has 2 aromatic heterocycles. The third kappa shape index (κ3) is 5.02. The Morgan fingerprint density at radius 3 is 2.77 bits per heavy atom. The van der Waals surface area contributed by atoms with Gasteiger partial charge in [0.05, 0.1) is 23.2 Å². The molecule has 0 atom stereocenters. The summed E-state index contributed by atoms with van der Waals surface area (Å²) in [6, 6.07) is 4.61. The van der Waals surface area contributed by atoms with Gasteiger partial charge >= 0.3 is 6.03 Å². The molecule has 2 amide bonds. The van der Waals surface area contributed by atoms with Crippen molar-refractivity contribution in [3.8, 4) is 5.75 Å². The van der Waals surface area contributed by atoms with Crippen molar-refractivity contribution in [1.29, 1.82) is 0 Å². The largest absolute Gasteiger partial charge is 0.497 e. The van der Waals surface area contributed by atoms with Crippen LogP contribution >= 0.6 is 23.1 Å². The van der Waals surface area contributed by atoms with E-state index < -0.39 is 6.03 Å². The number of nitrogens with zero attached hydrogens (tertiary/aromatic N) is 5. The van der Waals surface area contributed by atoms with Crippen molar-refractivity contribution in [2.45, 2.75) is 35.0 Å². The van der Waals surface area contributed by atoms with E-state index in [2.05, 4.69) is 31.1 Å². The Labute approximate surface area is 186 Å². The fourth-order valence-electron chi connectivity index (χ4n) is 3.38. The van der Waals surface area contributed by atoms with Crippen LogP contribution in [0.5, 0.6) is 5.75 Å². The number of aryl methyl sites for hydroxylation is 1. The lowest BCUT2D eigenvalue weighted by Gasteiger charge is -2.15. The number of urea groups is 1. The number of methoxy groups -OCH3 is 1. The molecule has 1 aromatic carbocycles. The number of amides is 2. The topological polar surface area (TPSA) is 124 Å². The molecule has 0 spiro atoms. The van der Waals surface area contributed by atoms with E-state index in [4.69, 9.17) is 4.74 Å². The first-order chi connectivity index (χ1) is 15.0. The van der Waals surface area contributed by atoms with Crippen molar-refractivity contribution in [2.24, 2.45) is 13.0 Å². The molecule has 3 aromatic rings. The molecule has 0 radical (unpaired) electrons. The van der Waals surface area contributed by atoms with Crippen LogP contribution in [0, 0.1) is 5.92 Å². The van der Waals surface area contributed by atoms with Crippen LogP contribution in [-0.4, -0.2) is 44.1 Å². The molecule has 2 heterocycles. The predicted octanol–water partition coefficient (Wildman–Crippen LogP) is 3.84. The Morgan fingerprint density at radius 1 is 1.26 bits per heavy atom. The maximum atomic E-state index is 13.0. The van der Waals surface area contributed by atoms with Crippen molar-refractivity contribution in [3.05, 3.63) is 30.0 Å². The van der Waals surface area contributed by atoms with Crippen molar-refractivity contribution >= 4 is 45.7 Å². The number of Topliss-reactive ketones (excluding diaryl/α,β-unsaturated/α-hetero) is 1. The van der Waals surface area contributed by atoms with E-state index in [1.165, 1.54) is 23.1 Å². The lowest BCUT2D eigenvalue weighted by molar-refractivity contribution is 0.0923. The second-order valence-corrected chi connectivity index (χ2v) is 9.31. The van der Waals surface area contributed by atoms with Crippen LogP contribution in [0.15, 0.2) is 33.8 Å². The smallest absolute Gasteiger partial charge is 0.325 e. The van der Waals surface area contributed by atoms with E-state index >= 15 is 0 Å². The van der Waals surface area contributed by atoms with Gasteiger partial charge in [0.15, 0.2) is 10.9 Å². The minimum Gasteiger partial charge on any atom is -0.497 e. The zero-order valence-electron chi connectivity index (χ0n) is 17.0. The van der Waals surface area contributed by atoms with Gasteiger partial charge in [0.25, 0.3) is 0 Å². The number of tetrazole rings is 1. The summed E-state index contributed by atoms with van der Waals surface area (Å²) < 4.78 is 7.65. The number of carbonyl (C=O) groups is 2. The SMILES string of the molecule is COc1ccc(NC(=O)Nc2ncc(Sc3nnnn3C)s2)c(C(=O)C2CCCC2)c1. The molecule has 4 rings (SSSR count). The van der Waals surface area contributed by atoms with Gasteiger partial charge in [-0.2, -0.15) is 0 Å². The molecule has 1 saturated carbocycles. The van der Waals surface area contributed by atoms with E-state index in [1.54, 1.807) is 43.2 Å². The van der Waals surface area contributed by atoms with Crippen LogP contribution in [0.1, 0.15) is 36.0 Å². The molecule has 162 valence electrons. The number of hydrogen-bond acceptors (Lipinski definition) is 9. The van der Waals surface area contributed by atoms with E-state index in [1.807, 2.05) is 0 Å². The lowest BCUT2D eigenvalue weighted by atomic mass is 9.95. The number of carbonyl (C=O) groups excluding carboxylic acids is 2. The van der Waals surface area contributed by atoms with Crippen LogP contribution in [0.4, 0.5) is 15.6 Å². The van der Waals surface area contributed by atoms with E-state index in [9.17, 15) is 9.59 Å². The highest BCUT2D eigenvalue weighted by Gasteiger charge is 2.26. The number of benzene rings is 1. The number of ether oxygens (including phenoxy) is 1.